The molecule has 0 saturated heterocycles. The third-order valence-electron chi connectivity index (χ3n) is 3.14. The van der Waals surface area contributed by atoms with Gasteiger partial charge in [0.2, 0.25) is 5.91 Å². The number of fused-ring (bicyclic) bond motifs is 1. The standard InChI is InChI=1S/C14H13ClN2O3/c15-11-5-12-8(4-14(19)17-12)3-13(11)16-6-9-1-2-10(7-18)20-9/h1-3,5,16,18H,4,6-7H2,(H,17,19). The first kappa shape index (κ1) is 13.0. The molecule has 0 radical (unpaired) electrons. The Balaban J connectivity index is 1.74. The van der Waals surface area contributed by atoms with Gasteiger partial charge >= 0.3 is 0 Å². The molecule has 1 aromatic carbocycles. The van der Waals surface area contributed by atoms with Gasteiger partial charge in [-0.1, -0.05) is 11.6 Å². The predicted molar refractivity (Wildman–Crippen MR) is 75.7 cm³/mol. The summed E-state index contributed by atoms with van der Waals surface area (Å²) in [6, 6.07) is 7.13. The molecule has 1 amide bonds. The van der Waals surface area contributed by atoms with Gasteiger partial charge in [0, 0.05) is 5.69 Å². The van der Waals surface area contributed by atoms with E-state index in [1.54, 1.807) is 18.2 Å². The van der Waals surface area contributed by atoms with E-state index < -0.39 is 0 Å². The molecule has 0 spiro atoms. The van der Waals surface area contributed by atoms with E-state index in [-0.39, 0.29) is 12.5 Å². The zero-order valence-corrected chi connectivity index (χ0v) is 11.3. The second-order valence-corrected chi connectivity index (χ2v) is 5.00. The highest BCUT2D eigenvalue weighted by Gasteiger charge is 2.19. The maximum Gasteiger partial charge on any atom is 0.228 e. The molecule has 3 rings (SSSR count). The van der Waals surface area contributed by atoms with Crippen molar-refractivity contribution in [2.75, 3.05) is 10.6 Å². The number of aliphatic hydroxyl groups is 1. The fourth-order valence-electron chi connectivity index (χ4n) is 2.17. The lowest BCUT2D eigenvalue weighted by molar-refractivity contribution is -0.115. The van der Waals surface area contributed by atoms with Crippen LogP contribution in [0.25, 0.3) is 0 Å². The van der Waals surface area contributed by atoms with Crippen molar-refractivity contribution in [1.29, 1.82) is 0 Å². The molecule has 1 aromatic heterocycles. The molecule has 2 aromatic rings. The van der Waals surface area contributed by atoms with Crippen LogP contribution in [0.1, 0.15) is 17.1 Å². The Morgan fingerprint density at radius 3 is 2.90 bits per heavy atom. The number of halogens is 1. The number of hydrogen-bond donors (Lipinski definition) is 3. The maximum atomic E-state index is 11.3. The molecule has 1 aliphatic rings. The van der Waals surface area contributed by atoms with Crippen LogP contribution in [0.4, 0.5) is 11.4 Å². The smallest absolute Gasteiger partial charge is 0.228 e. The summed E-state index contributed by atoms with van der Waals surface area (Å²) < 4.78 is 5.38. The van der Waals surface area contributed by atoms with Crippen LogP contribution in [0.3, 0.4) is 0 Å². The molecular formula is C14H13ClN2O3. The van der Waals surface area contributed by atoms with E-state index in [4.69, 9.17) is 21.1 Å². The van der Waals surface area contributed by atoms with Crippen molar-refractivity contribution in [3.05, 3.63) is 46.4 Å². The van der Waals surface area contributed by atoms with Crippen molar-refractivity contribution in [3.8, 4) is 0 Å². The van der Waals surface area contributed by atoms with Crippen LogP contribution in [-0.2, 0) is 24.4 Å². The summed E-state index contributed by atoms with van der Waals surface area (Å²) in [5.74, 6) is 1.21. The molecule has 0 fully saturated rings. The van der Waals surface area contributed by atoms with Gasteiger partial charge in [0.15, 0.2) is 0 Å². The molecular weight excluding hydrogens is 280 g/mol. The predicted octanol–water partition coefficient (Wildman–Crippen LogP) is 2.53. The van der Waals surface area contributed by atoms with Crippen molar-refractivity contribution in [3.63, 3.8) is 0 Å². The van der Waals surface area contributed by atoms with E-state index in [1.807, 2.05) is 6.07 Å². The van der Waals surface area contributed by atoms with E-state index in [0.717, 1.165) is 16.9 Å². The summed E-state index contributed by atoms with van der Waals surface area (Å²) in [6.07, 6.45) is 0.372. The van der Waals surface area contributed by atoms with E-state index >= 15 is 0 Å². The van der Waals surface area contributed by atoms with Crippen LogP contribution in [0.5, 0.6) is 0 Å². The highest BCUT2D eigenvalue weighted by molar-refractivity contribution is 6.33. The summed E-state index contributed by atoms with van der Waals surface area (Å²) in [5.41, 5.74) is 2.45. The number of benzene rings is 1. The van der Waals surface area contributed by atoms with Gasteiger partial charge in [-0.2, -0.15) is 0 Å². The highest BCUT2D eigenvalue weighted by atomic mass is 35.5. The number of rotatable bonds is 4. The number of carbonyl (C=O) groups is 1. The number of nitrogens with one attached hydrogen (secondary N) is 2. The number of furan rings is 1. The van der Waals surface area contributed by atoms with Crippen LogP contribution in [0.15, 0.2) is 28.7 Å². The normalized spacial score (nSPS) is 13.2. The van der Waals surface area contributed by atoms with Gasteiger partial charge in [0.05, 0.1) is 23.7 Å². The van der Waals surface area contributed by atoms with Gasteiger partial charge in [-0.15, -0.1) is 0 Å². The topological polar surface area (TPSA) is 74.5 Å². The van der Waals surface area contributed by atoms with Crippen molar-refractivity contribution in [2.45, 2.75) is 19.6 Å². The van der Waals surface area contributed by atoms with E-state index in [1.165, 1.54) is 0 Å². The van der Waals surface area contributed by atoms with Crippen molar-refractivity contribution < 1.29 is 14.3 Å². The summed E-state index contributed by atoms with van der Waals surface area (Å²) in [4.78, 5) is 11.3. The second-order valence-electron chi connectivity index (χ2n) is 4.59. The lowest BCUT2D eigenvalue weighted by Gasteiger charge is -2.09. The SMILES string of the molecule is O=C1Cc2cc(NCc3ccc(CO)o3)c(Cl)cc2N1. The molecule has 0 unspecified atom stereocenters. The lowest BCUT2D eigenvalue weighted by Crippen LogP contribution is -2.03. The third kappa shape index (κ3) is 2.50. The molecule has 5 nitrogen and oxygen atoms in total. The molecule has 3 N–H and O–H groups in total. The number of carbonyl (C=O) groups excluding carboxylic acids is 1. The minimum absolute atomic E-state index is 0.0214. The number of aliphatic hydroxyl groups excluding tert-OH is 1. The Kier molecular flexibility index (Phi) is 3.38. The Bertz CT molecular complexity index is 666. The first-order valence-electron chi connectivity index (χ1n) is 6.20. The Labute approximate surface area is 120 Å². The van der Waals surface area contributed by atoms with Gasteiger partial charge < -0.3 is 20.2 Å². The fraction of sp³-hybridized carbons (Fsp3) is 0.214. The summed E-state index contributed by atoms with van der Waals surface area (Å²) in [7, 11) is 0. The average molecular weight is 293 g/mol. The van der Waals surface area contributed by atoms with Crippen LogP contribution in [-0.4, -0.2) is 11.0 Å². The van der Waals surface area contributed by atoms with Crippen molar-refractivity contribution in [1.82, 2.24) is 0 Å². The highest BCUT2D eigenvalue weighted by Crippen LogP contribution is 2.33. The van der Waals surface area contributed by atoms with Crippen molar-refractivity contribution in [2.24, 2.45) is 0 Å². The minimum atomic E-state index is -0.118. The monoisotopic (exact) mass is 292 g/mol. The largest absolute Gasteiger partial charge is 0.462 e. The Morgan fingerprint density at radius 2 is 2.15 bits per heavy atom. The summed E-state index contributed by atoms with van der Waals surface area (Å²) in [5, 5.41) is 15.4. The zero-order chi connectivity index (χ0) is 14.1. The lowest BCUT2D eigenvalue weighted by atomic mass is 10.1. The second kappa shape index (κ2) is 5.19. The molecule has 0 aliphatic carbocycles. The van der Waals surface area contributed by atoms with Gasteiger partial charge in [-0.3, -0.25) is 4.79 Å². The van der Waals surface area contributed by atoms with Crippen LogP contribution in [0.2, 0.25) is 5.02 Å². The van der Waals surface area contributed by atoms with Gasteiger partial charge in [-0.05, 0) is 29.8 Å². The fourth-order valence-corrected chi connectivity index (χ4v) is 2.40. The molecule has 0 atom stereocenters. The number of hydrogen-bond acceptors (Lipinski definition) is 4. The molecule has 0 saturated carbocycles. The average Bonchev–Trinajstić information content (AvgIpc) is 3.01. The van der Waals surface area contributed by atoms with E-state index in [2.05, 4.69) is 10.6 Å². The van der Waals surface area contributed by atoms with Gasteiger partial charge in [0.25, 0.3) is 0 Å². The summed E-state index contributed by atoms with van der Waals surface area (Å²) in [6.45, 7) is 0.341. The Morgan fingerprint density at radius 1 is 1.35 bits per heavy atom. The number of anilines is 2. The quantitative estimate of drug-likeness (QED) is 0.809. The van der Waals surface area contributed by atoms with Crippen LogP contribution >= 0.6 is 11.6 Å². The first-order chi connectivity index (χ1) is 9.65. The number of amides is 1. The van der Waals surface area contributed by atoms with Crippen molar-refractivity contribution >= 4 is 28.9 Å². The molecule has 1 aliphatic heterocycles. The third-order valence-corrected chi connectivity index (χ3v) is 3.46. The molecule has 0 bridgehead atoms. The zero-order valence-electron chi connectivity index (χ0n) is 10.6. The molecule has 20 heavy (non-hydrogen) atoms. The first-order valence-corrected chi connectivity index (χ1v) is 6.58. The summed E-state index contributed by atoms with van der Waals surface area (Å²) >= 11 is 6.17. The van der Waals surface area contributed by atoms with Gasteiger partial charge in [-0.25, -0.2) is 0 Å². The molecule has 6 heteroatoms. The maximum absolute atomic E-state index is 11.3. The minimum Gasteiger partial charge on any atom is -0.462 e. The van der Waals surface area contributed by atoms with E-state index in [9.17, 15) is 4.79 Å². The van der Waals surface area contributed by atoms with Crippen LogP contribution < -0.4 is 10.6 Å². The molecule has 2 heterocycles. The van der Waals surface area contributed by atoms with E-state index in [0.29, 0.717) is 29.5 Å². The van der Waals surface area contributed by atoms with Gasteiger partial charge in [0.1, 0.15) is 18.1 Å². The Hall–Kier alpha value is -1.98. The molecule has 104 valence electrons. The van der Waals surface area contributed by atoms with Crippen LogP contribution in [0, 0.1) is 0 Å².